The van der Waals surface area contributed by atoms with Gasteiger partial charge in [0, 0.05) is 22.1 Å². The maximum Gasteiger partial charge on any atom is 0.0409 e. The SMILES string of the molecule is CC(c1cccc(Cl)c1)N(C)Cc1ccccc1Br. The van der Waals surface area contributed by atoms with Crippen LogP contribution in [0.3, 0.4) is 0 Å². The van der Waals surface area contributed by atoms with E-state index in [4.69, 9.17) is 11.6 Å². The topological polar surface area (TPSA) is 3.24 Å². The van der Waals surface area contributed by atoms with Crippen molar-refractivity contribution in [2.24, 2.45) is 0 Å². The Morgan fingerprint density at radius 2 is 1.89 bits per heavy atom. The van der Waals surface area contributed by atoms with Crippen LogP contribution in [0.15, 0.2) is 53.0 Å². The number of hydrogen-bond donors (Lipinski definition) is 0. The van der Waals surface area contributed by atoms with E-state index < -0.39 is 0 Å². The van der Waals surface area contributed by atoms with Crippen molar-refractivity contribution >= 4 is 27.5 Å². The van der Waals surface area contributed by atoms with Gasteiger partial charge in [0.2, 0.25) is 0 Å². The Morgan fingerprint density at radius 1 is 1.16 bits per heavy atom. The average Bonchev–Trinajstić information content (AvgIpc) is 2.40. The second kappa shape index (κ2) is 6.56. The molecule has 100 valence electrons. The molecule has 2 aromatic carbocycles. The minimum absolute atomic E-state index is 0.325. The molecule has 0 heterocycles. The lowest BCUT2D eigenvalue weighted by molar-refractivity contribution is 0.252. The van der Waals surface area contributed by atoms with Gasteiger partial charge < -0.3 is 0 Å². The van der Waals surface area contributed by atoms with Crippen LogP contribution < -0.4 is 0 Å². The lowest BCUT2D eigenvalue weighted by Crippen LogP contribution is -2.22. The zero-order valence-corrected chi connectivity index (χ0v) is 13.4. The van der Waals surface area contributed by atoms with Gasteiger partial charge in [-0.25, -0.2) is 0 Å². The Balaban J connectivity index is 2.12. The Kier molecular flexibility index (Phi) is 5.03. The van der Waals surface area contributed by atoms with Crippen molar-refractivity contribution in [2.45, 2.75) is 19.5 Å². The molecule has 0 aliphatic carbocycles. The van der Waals surface area contributed by atoms with Gasteiger partial charge in [-0.15, -0.1) is 0 Å². The molecule has 0 fully saturated rings. The predicted molar refractivity (Wildman–Crippen MR) is 85.5 cm³/mol. The summed E-state index contributed by atoms with van der Waals surface area (Å²) < 4.78 is 1.15. The van der Waals surface area contributed by atoms with E-state index in [1.54, 1.807) is 0 Å². The van der Waals surface area contributed by atoms with Crippen molar-refractivity contribution < 1.29 is 0 Å². The molecule has 0 bridgehead atoms. The molecule has 1 nitrogen and oxygen atoms in total. The Hall–Kier alpha value is -0.830. The van der Waals surface area contributed by atoms with Crippen LogP contribution >= 0.6 is 27.5 Å². The second-order valence-corrected chi connectivity index (χ2v) is 6.03. The summed E-state index contributed by atoms with van der Waals surface area (Å²) in [6.45, 7) is 3.09. The van der Waals surface area contributed by atoms with Crippen molar-refractivity contribution in [3.05, 3.63) is 69.2 Å². The van der Waals surface area contributed by atoms with Gasteiger partial charge in [-0.1, -0.05) is 57.9 Å². The van der Waals surface area contributed by atoms with E-state index in [0.717, 1.165) is 16.0 Å². The summed E-state index contributed by atoms with van der Waals surface area (Å²) in [6, 6.07) is 16.7. The van der Waals surface area contributed by atoms with Crippen LogP contribution in [-0.2, 0) is 6.54 Å². The van der Waals surface area contributed by atoms with Crippen LogP contribution in [0.4, 0.5) is 0 Å². The van der Waals surface area contributed by atoms with Crippen LogP contribution in [0.1, 0.15) is 24.1 Å². The highest BCUT2D eigenvalue weighted by molar-refractivity contribution is 9.10. The summed E-state index contributed by atoms with van der Waals surface area (Å²) >= 11 is 9.65. The average molecular weight is 339 g/mol. The van der Waals surface area contributed by atoms with E-state index in [2.05, 4.69) is 59.1 Å². The number of halogens is 2. The van der Waals surface area contributed by atoms with E-state index in [0.29, 0.717) is 6.04 Å². The van der Waals surface area contributed by atoms with E-state index in [1.807, 2.05) is 24.3 Å². The summed E-state index contributed by atoms with van der Waals surface area (Å²) in [5.41, 5.74) is 2.53. The third-order valence-electron chi connectivity index (χ3n) is 3.37. The van der Waals surface area contributed by atoms with Crippen molar-refractivity contribution in [3.63, 3.8) is 0 Å². The molecule has 3 heteroatoms. The molecule has 19 heavy (non-hydrogen) atoms. The first-order valence-corrected chi connectivity index (χ1v) is 7.44. The summed E-state index contributed by atoms with van der Waals surface area (Å²) in [7, 11) is 2.13. The van der Waals surface area contributed by atoms with Crippen LogP contribution in [0.5, 0.6) is 0 Å². The third kappa shape index (κ3) is 3.82. The maximum atomic E-state index is 6.05. The zero-order chi connectivity index (χ0) is 13.8. The molecule has 0 N–H and O–H groups in total. The van der Waals surface area contributed by atoms with Gasteiger partial charge in [-0.3, -0.25) is 4.90 Å². The molecule has 0 aliphatic rings. The lowest BCUT2D eigenvalue weighted by Gasteiger charge is -2.25. The van der Waals surface area contributed by atoms with Crippen molar-refractivity contribution in [3.8, 4) is 0 Å². The summed E-state index contributed by atoms with van der Waals surface area (Å²) in [4.78, 5) is 2.31. The molecule has 0 amide bonds. The Bertz CT molecular complexity index is 556. The summed E-state index contributed by atoms with van der Waals surface area (Å²) in [5.74, 6) is 0. The van der Waals surface area contributed by atoms with Gasteiger partial charge >= 0.3 is 0 Å². The number of benzene rings is 2. The molecule has 0 spiro atoms. The number of nitrogens with zero attached hydrogens (tertiary/aromatic N) is 1. The van der Waals surface area contributed by atoms with E-state index in [-0.39, 0.29) is 0 Å². The smallest absolute Gasteiger partial charge is 0.0409 e. The fourth-order valence-electron chi connectivity index (χ4n) is 2.05. The van der Waals surface area contributed by atoms with Crippen LogP contribution in [-0.4, -0.2) is 11.9 Å². The van der Waals surface area contributed by atoms with Gasteiger partial charge in [0.25, 0.3) is 0 Å². The van der Waals surface area contributed by atoms with Crippen molar-refractivity contribution in [1.29, 1.82) is 0 Å². The standard InChI is InChI=1S/C16H17BrClN/c1-12(13-7-5-8-15(18)10-13)19(2)11-14-6-3-4-9-16(14)17/h3-10,12H,11H2,1-2H3. The highest BCUT2D eigenvalue weighted by Gasteiger charge is 2.13. The molecule has 1 unspecified atom stereocenters. The quantitative estimate of drug-likeness (QED) is 0.731. The predicted octanol–water partition coefficient (Wildman–Crippen LogP) is 5.30. The van der Waals surface area contributed by atoms with Crippen molar-refractivity contribution in [2.75, 3.05) is 7.05 Å². The molecule has 0 aromatic heterocycles. The minimum Gasteiger partial charge on any atom is -0.295 e. The second-order valence-electron chi connectivity index (χ2n) is 4.74. The normalized spacial score (nSPS) is 12.7. The van der Waals surface area contributed by atoms with Crippen LogP contribution in [0.2, 0.25) is 5.02 Å². The monoisotopic (exact) mass is 337 g/mol. The van der Waals surface area contributed by atoms with E-state index >= 15 is 0 Å². The van der Waals surface area contributed by atoms with Gasteiger partial charge in [0.15, 0.2) is 0 Å². The first-order chi connectivity index (χ1) is 9.08. The molecule has 0 saturated carbocycles. The molecular formula is C16H17BrClN. The summed E-state index contributed by atoms with van der Waals surface area (Å²) in [6.07, 6.45) is 0. The summed E-state index contributed by atoms with van der Waals surface area (Å²) in [5, 5.41) is 0.790. The van der Waals surface area contributed by atoms with Crippen LogP contribution in [0.25, 0.3) is 0 Å². The third-order valence-corrected chi connectivity index (χ3v) is 4.38. The van der Waals surface area contributed by atoms with E-state index in [1.165, 1.54) is 11.1 Å². The molecular weight excluding hydrogens is 322 g/mol. The van der Waals surface area contributed by atoms with Crippen LogP contribution in [0, 0.1) is 0 Å². The fourth-order valence-corrected chi connectivity index (χ4v) is 2.66. The van der Waals surface area contributed by atoms with Gasteiger partial charge in [0.05, 0.1) is 0 Å². The maximum absolute atomic E-state index is 6.05. The minimum atomic E-state index is 0.325. The zero-order valence-electron chi connectivity index (χ0n) is 11.1. The number of rotatable bonds is 4. The van der Waals surface area contributed by atoms with Gasteiger partial charge in [0.1, 0.15) is 0 Å². The Morgan fingerprint density at radius 3 is 2.58 bits per heavy atom. The molecule has 2 aromatic rings. The highest BCUT2D eigenvalue weighted by atomic mass is 79.9. The first kappa shape index (κ1) is 14.6. The molecule has 0 radical (unpaired) electrons. The Labute approximate surface area is 128 Å². The fraction of sp³-hybridized carbons (Fsp3) is 0.250. The van der Waals surface area contributed by atoms with Gasteiger partial charge in [-0.2, -0.15) is 0 Å². The van der Waals surface area contributed by atoms with Gasteiger partial charge in [-0.05, 0) is 43.3 Å². The largest absolute Gasteiger partial charge is 0.295 e. The molecule has 2 rings (SSSR count). The van der Waals surface area contributed by atoms with Crippen molar-refractivity contribution in [1.82, 2.24) is 4.90 Å². The molecule has 1 atom stereocenters. The molecule has 0 saturated heterocycles. The first-order valence-electron chi connectivity index (χ1n) is 6.27. The number of hydrogen-bond acceptors (Lipinski definition) is 1. The highest BCUT2D eigenvalue weighted by Crippen LogP contribution is 2.25. The lowest BCUT2D eigenvalue weighted by atomic mass is 10.1. The molecule has 0 aliphatic heterocycles. The van der Waals surface area contributed by atoms with E-state index in [9.17, 15) is 0 Å².